The van der Waals surface area contributed by atoms with E-state index in [0.29, 0.717) is 19.7 Å². The molecule has 2 aromatic carbocycles. The van der Waals surface area contributed by atoms with Crippen LogP contribution in [0.5, 0.6) is 11.5 Å². The molecule has 2 aromatic rings. The second-order valence-corrected chi connectivity index (χ2v) is 6.47. The van der Waals surface area contributed by atoms with Gasteiger partial charge in [0.15, 0.2) is 11.5 Å². The van der Waals surface area contributed by atoms with Crippen molar-refractivity contribution in [3.05, 3.63) is 53.1 Å². The highest BCUT2D eigenvalue weighted by Crippen LogP contribution is 2.41. The normalized spacial score (nSPS) is 18.3. The van der Waals surface area contributed by atoms with Crippen molar-refractivity contribution in [1.29, 1.82) is 0 Å². The Labute approximate surface area is 149 Å². The van der Waals surface area contributed by atoms with Crippen LogP contribution in [-0.2, 0) is 19.1 Å². The lowest BCUT2D eigenvalue weighted by Crippen LogP contribution is -2.38. The predicted molar refractivity (Wildman–Crippen MR) is 91.7 cm³/mol. The largest absolute Gasteiger partial charge is 0.486 e. The maximum absolute atomic E-state index is 12.6. The molecule has 4 nitrogen and oxygen atoms in total. The summed E-state index contributed by atoms with van der Waals surface area (Å²) in [5.74, 6) is 1.58. The molecule has 7 heteroatoms. The Morgan fingerprint density at radius 1 is 1.12 bits per heavy atom. The summed E-state index contributed by atoms with van der Waals surface area (Å²) in [6, 6.07) is 9.10. The molecule has 26 heavy (non-hydrogen) atoms. The minimum atomic E-state index is -4.30. The number of hydrogen-bond donors (Lipinski definition) is 2. The smallest absolute Gasteiger partial charge is 0.416 e. The van der Waals surface area contributed by atoms with Crippen molar-refractivity contribution in [2.45, 2.75) is 25.2 Å². The predicted octanol–water partition coefficient (Wildman–Crippen LogP) is 3.60. The van der Waals surface area contributed by atoms with Gasteiger partial charge in [0, 0.05) is 30.9 Å². The van der Waals surface area contributed by atoms with Gasteiger partial charge in [-0.05, 0) is 36.2 Å². The number of nitrogens with one attached hydrogen (secondary N) is 2. The summed E-state index contributed by atoms with van der Waals surface area (Å²) >= 11 is 0. The number of benzene rings is 2. The zero-order chi connectivity index (χ0) is 18.1. The van der Waals surface area contributed by atoms with Gasteiger partial charge in [0.1, 0.15) is 12.7 Å². The summed E-state index contributed by atoms with van der Waals surface area (Å²) in [6.07, 6.45) is -3.53. The Kier molecular flexibility index (Phi) is 4.40. The number of halogens is 3. The molecule has 0 saturated carbocycles. The first kappa shape index (κ1) is 17.0. The van der Waals surface area contributed by atoms with E-state index in [4.69, 9.17) is 9.47 Å². The molecular formula is C19H19F3N2O2. The van der Waals surface area contributed by atoms with E-state index in [1.165, 1.54) is 12.1 Å². The summed E-state index contributed by atoms with van der Waals surface area (Å²) in [5.41, 5.74) is 2.39. The molecule has 4 rings (SSSR count). The monoisotopic (exact) mass is 364 g/mol. The molecule has 0 saturated heterocycles. The molecule has 1 atom stereocenters. The Morgan fingerprint density at radius 2 is 1.92 bits per heavy atom. The minimum absolute atomic E-state index is 0.135. The highest BCUT2D eigenvalue weighted by molar-refractivity contribution is 5.66. The van der Waals surface area contributed by atoms with Crippen LogP contribution in [0.25, 0.3) is 0 Å². The van der Waals surface area contributed by atoms with Crippen molar-refractivity contribution in [3.8, 4) is 11.5 Å². The average molecular weight is 364 g/mol. The molecule has 2 aliphatic heterocycles. The van der Waals surface area contributed by atoms with Gasteiger partial charge in [-0.15, -0.1) is 0 Å². The third-order valence-electron chi connectivity index (χ3n) is 4.61. The van der Waals surface area contributed by atoms with Gasteiger partial charge in [-0.25, -0.2) is 0 Å². The van der Waals surface area contributed by atoms with E-state index in [0.717, 1.165) is 53.4 Å². The molecule has 2 heterocycles. The number of alkyl halides is 3. The fourth-order valence-electron chi connectivity index (χ4n) is 3.26. The van der Waals surface area contributed by atoms with E-state index in [2.05, 4.69) is 10.6 Å². The number of fused-ring (bicyclic) bond motifs is 3. The summed E-state index contributed by atoms with van der Waals surface area (Å²) in [5, 5.41) is 6.54. The van der Waals surface area contributed by atoms with Crippen LogP contribution in [0.3, 0.4) is 0 Å². The van der Waals surface area contributed by atoms with Crippen molar-refractivity contribution < 1.29 is 22.6 Å². The van der Waals surface area contributed by atoms with Crippen LogP contribution in [-0.4, -0.2) is 25.8 Å². The van der Waals surface area contributed by atoms with Gasteiger partial charge in [-0.3, -0.25) is 0 Å². The zero-order valence-corrected chi connectivity index (χ0v) is 14.0. The zero-order valence-electron chi connectivity index (χ0n) is 14.0. The van der Waals surface area contributed by atoms with Gasteiger partial charge in [-0.1, -0.05) is 12.1 Å². The first-order valence-corrected chi connectivity index (χ1v) is 8.57. The average Bonchev–Trinajstić information content (AvgIpc) is 3.10. The van der Waals surface area contributed by atoms with Crippen molar-refractivity contribution >= 4 is 5.69 Å². The number of hydrogen-bond acceptors (Lipinski definition) is 4. The maximum Gasteiger partial charge on any atom is 0.416 e. The molecule has 2 N–H and O–H groups in total. The number of ether oxygens (including phenoxy) is 2. The Balaban J connectivity index is 1.33. The second-order valence-electron chi connectivity index (χ2n) is 6.47. The van der Waals surface area contributed by atoms with Crippen LogP contribution in [0.4, 0.5) is 18.9 Å². The minimum Gasteiger partial charge on any atom is -0.486 e. The first-order valence-electron chi connectivity index (χ1n) is 8.57. The van der Waals surface area contributed by atoms with Gasteiger partial charge in [0.2, 0.25) is 0 Å². The van der Waals surface area contributed by atoms with Crippen LogP contribution in [0.1, 0.15) is 16.7 Å². The Morgan fingerprint density at radius 3 is 2.69 bits per heavy atom. The lowest BCUT2D eigenvalue weighted by Gasteiger charge is -2.28. The number of rotatable bonds is 4. The van der Waals surface area contributed by atoms with E-state index >= 15 is 0 Å². The Hall–Kier alpha value is -2.41. The van der Waals surface area contributed by atoms with Crippen LogP contribution < -0.4 is 20.1 Å². The highest BCUT2D eigenvalue weighted by Gasteiger charge is 2.30. The van der Waals surface area contributed by atoms with E-state index in [1.54, 1.807) is 0 Å². The standard InChI is InChI=1S/C19H19F3N2O2/c20-19(21,22)13-3-1-12(2-4-13)9-23-10-14-11-25-17-6-5-16-15(7-8-24-16)18(17)26-14/h1-6,14,23-24H,7-11H2. The van der Waals surface area contributed by atoms with Gasteiger partial charge in [0.25, 0.3) is 0 Å². The SMILES string of the molecule is FC(F)(F)c1ccc(CNCC2COc3ccc4c(c3O2)CCN4)cc1. The third kappa shape index (κ3) is 3.44. The van der Waals surface area contributed by atoms with Crippen LogP contribution >= 0.6 is 0 Å². The summed E-state index contributed by atoms with van der Waals surface area (Å²) in [4.78, 5) is 0. The van der Waals surface area contributed by atoms with Crippen molar-refractivity contribution in [2.75, 3.05) is 25.0 Å². The van der Waals surface area contributed by atoms with Crippen molar-refractivity contribution in [3.63, 3.8) is 0 Å². The van der Waals surface area contributed by atoms with Crippen LogP contribution in [0.15, 0.2) is 36.4 Å². The second kappa shape index (κ2) is 6.72. The molecule has 0 aliphatic carbocycles. The molecule has 0 aromatic heterocycles. The third-order valence-corrected chi connectivity index (χ3v) is 4.61. The Bertz CT molecular complexity index is 791. The molecule has 0 spiro atoms. The fraction of sp³-hybridized carbons (Fsp3) is 0.368. The molecule has 2 aliphatic rings. The topological polar surface area (TPSA) is 42.5 Å². The van der Waals surface area contributed by atoms with Crippen molar-refractivity contribution in [1.82, 2.24) is 5.32 Å². The van der Waals surface area contributed by atoms with E-state index in [-0.39, 0.29) is 6.10 Å². The summed E-state index contributed by atoms with van der Waals surface area (Å²) in [7, 11) is 0. The highest BCUT2D eigenvalue weighted by atomic mass is 19.4. The van der Waals surface area contributed by atoms with Gasteiger partial charge in [-0.2, -0.15) is 13.2 Å². The van der Waals surface area contributed by atoms with E-state index in [1.807, 2.05) is 12.1 Å². The molecular weight excluding hydrogens is 345 g/mol. The lowest BCUT2D eigenvalue weighted by molar-refractivity contribution is -0.137. The van der Waals surface area contributed by atoms with Crippen LogP contribution in [0, 0.1) is 0 Å². The quantitative estimate of drug-likeness (QED) is 0.870. The molecule has 1 unspecified atom stereocenters. The van der Waals surface area contributed by atoms with Gasteiger partial charge < -0.3 is 20.1 Å². The van der Waals surface area contributed by atoms with Crippen molar-refractivity contribution in [2.24, 2.45) is 0 Å². The number of anilines is 1. The van der Waals surface area contributed by atoms with Gasteiger partial charge >= 0.3 is 6.18 Å². The molecule has 0 amide bonds. The molecule has 0 radical (unpaired) electrons. The molecule has 0 fully saturated rings. The lowest BCUT2D eigenvalue weighted by atomic mass is 10.1. The molecule has 138 valence electrons. The summed E-state index contributed by atoms with van der Waals surface area (Å²) < 4.78 is 49.6. The van der Waals surface area contributed by atoms with Gasteiger partial charge in [0.05, 0.1) is 5.56 Å². The summed E-state index contributed by atoms with van der Waals surface area (Å²) in [6.45, 7) is 2.36. The van der Waals surface area contributed by atoms with E-state index in [9.17, 15) is 13.2 Å². The fourth-order valence-corrected chi connectivity index (χ4v) is 3.26. The van der Waals surface area contributed by atoms with Crippen LogP contribution in [0.2, 0.25) is 0 Å². The first-order chi connectivity index (χ1) is 12.5. The molecule has 0 bridgehead atoms. The maximum atomic E-state index is 12.6. The van der Waals surface area contributed by atoms with E-state index < -0.39 is 11.7 Å².